The van der Waals surface area contributed by atoms with Crippen molar-refractivity contribution in [2.75, 3.05) is 5.32 Å². The molecule has 1 fully saturated rings. The highest BCUT2D eigenvalue weighted by molar-refractivity contribution is 6.32. The van der Waals surface area contributed by atoms with Crippen molar-refractivity contribution < 1.29 is 4.79 Å². The van der Waals surface area contributed by atoms with Gasteiger partial charge in [-0.25, -0.2) is 9.97 Å². The minimum absolute atomic E-state index is 0.179. The summed E-state index contributed by atoms with van der Waals surface area (Å²) in [7, 11) is 0. The van der Waals surface area contributed by atoms with E-state index in [9.17, 15) is 4.79 Å². The number of fused-ring (bicyclic) bond motifs is 1. The zero-order valence-electron chi connectivity index (χ0n) is 10.9. The third kappa shape index (κ3) is 2.34. The van der Waals surface area contributed by atoms with Crippen LogP contribution in [0.2, 0.25) is 5.15 Å². The van der Waals surface area contributed by atoms with Crippen LogP contribution in [0.3, 0.4) is 0 Å². The van der Waals surface area contributed by atoms with Crippen LogP contribution in [0.15, 0.2) is 24.3 Å². The van der Waals surface area contributed by atoms with Gasteiger partial charge < -0.3 is 11.1 Å². The number of benzene rings is 1. The van der Waals surface area contributed by atoms with Gasteiger partial charge in [0.1, 0.15) is 0 Å². The lowest BCUT2D eigenvalue weighted by atomic mass is 9.98. The highest BCUT2D eigenvalue weighted by atomic mass is 35.5. The molecule has 0 aliphatic heterocycles. The predicted octanol–water partition coefficient (Wildman–Crippen LogP) is 2.49. The van der Waals surface area contributed by atoms with Gasteiger partial charge in [-0.3, -0.25) is 4.79 Å². The minimum Gasteiger partial charge on any atom is -0.317 e. The molecule has 1 aromatic heterocycles. The van der Waals surface area contributed by atoms with Crippen LogP contribution in [-0.2, 0) is 4.79 Å². The van der Waals surface area contributed by atoms with Crippen LogP contribution >= 0.6 is 11.6 Å². The SMILES string of the molecule is NC1(C(=O)Nc2nc3ccccc3nc2Cl)CCCC1. The van der Waals surface area contributed by atoms with E-state index < -0.39 is 5.54 Å². The van der Waals surface area contributed by atoms with E-state index in [1.54, 1.807) is 0 Å². The van der Waals surface area contributed by atoms with Gasteiger partial charge >= 0.3 is 0 Å². The molecule has 1 amide bonds. The molecule has 0 saturated heterocycles. The molecule has 0 bridgehead atoms. The Morgan fingerprint density at radius 3 is 2.45 bits per heavy atom. The van der Waals surface area contributed by atoms with E-state index in [2.05, 4.69) is 15.3 Å². The second kappa shape index (κ2) is 5.00. The summed E-state index contributed by atoms with van der Waals surface area (Å²) in [4.78, 5) is 20.8. The molecule has 5 nitrogen and oxygen atoms in total. The van der Waals surface area contributed by atoms with Crippen molar-refractivity contribution in [3.63, 3.8) is 0 Å². The summed E-state index contributed by atoms with van der Waals surface area (Å²) >= 11 is 6.07. The summed E-state index contributed by atoms with van der Waals surface area (Å²) in [5, 5.41) is 2.89. The summed E-state index contributed by atoms with van der Waals surface area (Å²) in [5.41, 5.74) is 6.68. The van der Waals surface area contributed by atoms with E-state index >= 15 is 0 Å². The highest BCUT2D eigenvalue weighted by Gasteiger charge is 2.37. The average molecular weight is 291 g/mol. The molecule has 20 heavy (non-hydrogen) atoms. The molecular weight excluding hydrogens is 276 g/mol. The van der Waals surface area contributed by atoms with E-state index in [-0.39, 0.29) is 16.9 Å². The third-order valence-electron chi connectivity index (χ3n) is 3.71. The number of nitrogens with zero attached hydrogens (tertiary/aromatic N) is 2. The lowest BCUT2D eigenvalue weighted by Crippen LogP contribution is -2.48. The monoisotopic (exact) mass is 290 g/mol. The van der Waals surface area contributed by atoms with Crippen LogP contribution in [0.25, 0.3) is 11.0 Å². The van der Waals surface area contributed by atoms with Crippen LogP contribution in [-0.4, -0.2) is 21.4 Å². The van der Waals surface area contributed by atoms with Gasteiger partial charge in [0.05, 0.1) is 16.6 Å². The van der Waals surface area contributed by atoms with Crippen LogP contribution in [0.1, 0.15) is 25.7 Å². The Morgan fingerprint density at radius 1 is 1.20 bits per heavy atom. The number of nitrogens with one attached hydrogen (secondary N) is 1. The van der Waals surface area contributed by atoms with E-state index in [1.165, 1.54) is 0 Å². The molecule has 0 atom stereocenters. The van der Waals surface area contributed by atoms with Gasteiger partial charge in [-0.2, -0.15) is 0 Å². The molecule has 1 aliphatic rings. The standard InChI is InChI=1S/C14H15ClN4O/c15-11-12(18-10-6-2-1-5-9(10)17-11)19-13(20)14(16)7-3-4-8-14/h1-2,5-6H,3-4,7-8,16H2,(H,18,19,20). The number of rotatable bonds is 2. The number of carbonyl (C=O) groups is 1. The van der Waals surface area contributed by atoms with Crippen molar-refractivity contribution in [2.24, 2.45) is 5.73 Å². The summed E-state index contributed by atoms with van der Waals surface area (Å²) in [6.45, 7) is 0. The summed E-state index contributed by atoms with van der Waals surface area (Å²) in [6, 6.07) is 7.36. The molecule has 3 rings (SSSR count). The fourth-order valence-corrected chi connectivity index (χ4v) is 2.70. The fourth-order valence-electron chi connectivity index (χ4n) is 2.52. The van der Waals surface area contributed by atoms with Gasteiger partial charge in [0.15, 0.2) is 11.0 Å². The number of aromatic nitrogens is 2. The topological polar surface area (TPSA) is 80.9 Å². The first kappa shape index (κ1) is 13.3. The van der Waals surface area contributed by atoms with Gasteiger partial charge in [0, 0.05) is 0 Å². The van der Waals surface area contributed by atoms with Crippen molar-refractivity contribution in [3.05, 3.63) is 29.4 Å². The molecule has 1 heterocycles. The van der Waals surface area contributed by atoms with Gasteiger partial charge in [-0.05, 0) is 25.0 Å². The van der Waals surface area contributed by atoms with Crippen molar-refractivity contribution in [2.45, 2.75) is 31.2 Å². The van der Waals surface area contributed by atoms with Crippen LogP contribution in [0.5, 0.6) is 0 Å². The molecule has 2 aromatic rings. The Balaban J connectivity index is 1.90. The normalized spacial score (nSPS) is 17.3. The van der Waals surface area contributed by atoms with Crippen LogP contribution in [0, 0.1) is 0 Å². The second-order valence-corrected chi connectivity index (χ2v) is 5.53. The summed E-state index contributed by atoms with van der Waals surface area (Å²) in [5.74, 6) is 0.0357. The quantitative estimate of drug-likeness (QED) is 0.890. The first-order chi connectivity index (χ1) is 9.58. The van der Waals surface area contributed by atoms with Gasteiger partial charge in [0.25, 0.3) is 0 Å². The number of hydrogen-bond acceptors (Lipinski definition) is 4. The molecule has 0 unspecified atom stereocenters. The Labute approximate surface area is 121 Å². The lowest BCUT2D eigenvalue weighted by Gasteiger charge is -2.22. The fraction of sp³-hybridized carbons (Fsp3) is 0.357. The molecule has 1 saturated carbocycles. The van der Waals surface area contributed by atoms with Gasteiger partial charge in [-0.15, -0.1) is 0 Å². The molecule has 1 aliphatic carbocycles. The molecule has 3 N–H and O–H groups in total. The number of halogens is 1. The minimum atomic E-state index is -0.809. The Kier molecular flexibility index (Phi) is 3.31. The molecule has 0 spiro atoms. The van der Waals surface area contributed by atoms with Crippen LogP contribution < -0.4 is 11.1 Å². The smallest absolute Gasteiger partial charge is 0.245 e. The maximum absolute atomic E-state index is 12.3. The maximum Gasteiger partial charge on any atom is 0.245 e. The Hall–Kier alpha value is -1.72. The highest BCUT2D eigenvalue weighted by Crippen LogP contribution is 2.29. The Morgan fingerprint density at radius 2 is 1.80 bits per heavy atom. The number of carbonyl (C=O) groups excluding carboxylic acids is 1. The van der Waals surface area contributed by atoms with Crippen molar-refractivity contribution in [1.29, 1.82) is 0 Å². The van der Waals surface area contributed by atoms with Crippen molar-refractivity contribution in [3.8, 4) is 0 Å². The zero-order chi connectivity index (χ0) is 14.2. The predicted molar refractivity (Wildman–Crippen MR) is 78.6 cm³/mol. The number of anilines is 1. The number of para-hydroxylation sites is 2. The number of hydrogen-bond donors (Lipinski definition) is 2. The molecule has 0 radical (unpaired) electrons. The number of nitrogens with two attached hydrogens (primary N) is 1. The van der Waals surface area contributed by atoms with Gasteiger partial charge in [0.2, 0.25) is 5.91 Å². The first-order valence-corrected chi connectivity index (χ1v) is 6.99. The van der Waals surface area contributed by atoms with E-state index in [1.807, 2.05) is 24.3 Å². The van der Waals surface area contributed by atoms with Crippen LogP contribution in [0.4, 0.5) is 5.82 Å². The number of amides is 1. The van der Waals surface area contributed by atoms with Crippen molar-refractivity contribution in [1.82, 2.24) is 9.97 Å². The van der Waals surface area contributed by atoms with Crippen molar-refractivity contribution >= 4 is 34.4 Å². The molecular formula is C14H15ClN4O. The first-order valence-electron chi connectivity index (χ1n) is 6.61. The second-order valence-electron chi connectivity index (χ2n) is 5.17. The maximum atomic E-state index is 12.3. The zero-order valence-corrected chi connectivity index (χ0v) is 11.7. The molecule has 104 valence electrons. The molecule has 1 aromatic carbocycles. The largest absolute Gasteiger partial charge is 0.317 e. The van der Waals surface area contributed by atoms with Gasteiger partial charge in [-0.1, -0.05) is 36.6 Å². The third-order valence-corrected chi connectivity index (χ3v) is 3.97. The molecule has 6 heteroatoms. The van der Waals surface area contributed by atoms with E-state index in [4.69, 9.17) is 17.3 Å². The van der Waals surface area contributed by atoms with E-state index in [0.717, 1.165) is 12.8 Å². The average Bonchev–Trinajstić information content (AvgIpc) is 2.88. The summed E-state index contributed by atoms with van der Waals surface area (Å²) in [6.07, 6.45) is 3.33. The summed E-state index contributed by atoms with van der Waals surface area (Å²) < 4.78 is 0. The van der Waals surface area contributed by atoms with E-state index in [0.29, 0.717) is 23.9 Å². The Bertz CT molecular complexity index is 667. The lowest BCUT2D eigenvalue weighted by molar-refractivity contribution is -0.121.